The summed E-state index contributed by atoms with van der Waals surface area (Å²) in [6, 6.07) is 21.9. The van der Waals surface area contributed by atoms with Gasteiger partial charge >= 0.3 is 6.03 Å². The molecule has 0 fully saturated rings. The van der Waals surface area contributed by atoms with Gasteiger partial charge in [0.25, 0.3) is 5.56 Å². The Kier molecular flexibility index (Phi) is 7.51. The summed E-state index contributed by atoms with van der Waals surface area (Å²) >= 11 is 6.20. The van der Waals surface area contributed by atoms with Crippen molar-refractivity contribution in [2.24, 2.45) is 0 Å². The van der Waals surface area contributed by atoms with Gasteiger partial charge in [-0.2, -0.15) is 0 Å². The van der Waals surface area contributed by atoms with Crippen molar-refractivity contribution < 1.29 is 4.79 Å². The molecule has 4 rings (SSSR count). The minimum absolute atomic E-state index is 0.171. The summed E-state index contributed by atoms with van der Waals surface area (Å²) in [6.45, 7) is 6.72. The molecule has 0 spiro atoms. The first kappa shape index (κ1) is 24.5. The number of rotatable bonds is 7. The van der Waals surface area contributed by atoms with Crippen molar-refractivity contribution in [1.82, 2.24) is 19.8 Å². The summed E-state index contributed by atoms with van der Waals surface area (Å²) in [4.78, 5) is 33.7. The van der Waals surface area contributed by atoms with E-state index in [1.165, 1.54) is 0 Å². The summed E-state index contributed by atoms with van der Waals surface area (Å²) in [5.41, 5.74) is 3.00. The molecule has 0 aliphatic heterocycles. The van der Waals surface area contributed by atoms with Gasteiger partial charge < -0.3 is 10.2 Å². The van der Waals surface area contributed by atoms with Crippen molar-refractivity contribution in [1.29, 1.82) is 0 Å². The summed E-state index contributed by atoms with van der Waals surface area (Å²) in [5.74, 6) is 0.526. The maximum absolute atomic E-state index is 13.8. The van der Waals surface area contributed by atoms with Crippen molar-refractivity contribution >= 4 is 28.5 Å². The maximum Gasteiger partial charge on any atom is 0.318 e. The average molecular weight is 489 g/mol. The zero-order chi connectivity index (χ0) is 24.9. The number of amides is 2. The molecule has 0 aliphatic carbocycles. The highest BCUT2D eigenvalue weighted by molar-refractivity contribution is 6.30. The minimum Gasteiger partial charge on any atom is -0.334 e. The summed E-state index contributed by atoms with van der Waals surface area (Å²) in [5, 5.41) is 4.14. The second kappa shape index (κ2) is 10.7. The van der Waals surface area contributed by atoms with Crippen LogP contribution in [0.5, 0.6) is 0 Å². The van der Waals surface area contributed by atoms with Crippen LogP contribution >= 0.6 is 11.6 Å². The Morgan fingerprint density at radius 1 is 1.06 bits per heavy atom. The third-order valence-electron chi connectivity index (χ3n) is 6.15. The minimum atomic E-state index is -0.414. The van der Waals surface area contributed by atoms with Gasteiger partial charge in [-0.3, -0.25) is 9.36 Å². The normalized spacial score (nSPS) is 11.9. The molecular formula is C28H29ClN4O2. The van der Waals surface area contributed by atoms with Crippen LogP contribution in [0.1, 0.15) is 43.3 Å². The third kappa shape index (κ3) is 5.08. The van der Waals surface area contributed by atoms with Gasteiger partial charge in [-0.1, -0.05) is 61.0 Å². The molecule has 0 saturated heterocycles. The first-order chi connectivity index (χ1) is 16.9. The van der Waals surface area contributed by atoms with Gasteiger partial charge in [0.05, 0.1) is 22.6 Å². The number of aromatic nitrogens is 2. The van der Waals surface area contributed by atoms with Crippen molar-refractivity contribution in [3.63, 3.8) is 0 Å². The number of hydrogen-bond donors (Lipinski definition) is 1. The van der Waals surface area contributed by atoms with E-state index in [2.05, 4.69) is 5.32 Å². The Balaban J connectivity index is 1.82. The molecule has 0 bridgehead atoms. The van der Waals surface area contributed by atoms with Gasteiger partial charge in [-0.15, -0.1) is 0 Å². The van der Waals surface area contributed by atoms with E-state index in [9.17, 15) is 9.59 Å². The number of carbonyl (C=O) groups excluding carboxylic acids is 1. The first-order valence-electron chi connectivity index (χ1n) is 11.8. The highest BCUT2D eigenvalue weighted by Crippen LogP contribution is 2.28. The lowest BCUT2D eigenvalue weighted by atomic mass is 10.1. The van der Waals surface area contributed by atoms with Gasteiger partial charge in [-0.05, 0) is 61.7 Å². The van der Waals surface area contributed by atoms with Gasteiger partial charge in [0.2, 0.25) is 0 Å². The fourth-order valence-electron chi connectivity index (χ4n) is 4.40. The second-order valence-corrected chi connectivity index (χ2v) is 8.85. The van der Waals surface area contributed by atoms with Crippen molar-refractivity contribution in [3.05, 3.63) is 105 Å². The van der Waals surface area contributed by atoms with Gasteiger partial charge in [0, 0.05) is 18.1 Å². The lowest BCUT2D eigenvalue weighted by molar-refractivity contribution is 0.171. The van der Waals surface area contributed by atoms with E-state index in [0.29, 0.717) is 46.9 Å². The van der Waals surface area contributed by atoms with Crippen LogP contribution in [0.4, 0.5) is 4.79 Å². The molecule has 4 aromatic rings. The van der Waals surface area contributed by atoms with Crippen molar-refractivity contribution in [2.75, 3.05) is 6.54 Å². The number of halogens is 1. The smallest absolute Gasteiger partial charge is 0.318 e. The monoisotopic (exact) mass is 488 g/mol. The fourth-order valence-corrected chi connectivity index (χ4v) is 4.63. The summed E-state index contributed by atoms with van der Waals surface area (Å²) in [7, 11) is 0. The molecule has 180 valence electrons. The summed E-state index contributed by atoms with van der Waals surface area (Å²) in [6.07, 6.45) is 0.587. The summed E-state index contributed by atoms with van der Waals surface area (Å²) < 4.78 is 1.63. The Hall–Kier alpha value is -3.64. The van der Waals surface area contributed by atoms with Crippen LogP contribution in [0.3, 0.4) is 0 Å². The Morgan fingerprint density at radius 3 is 2.46 bits per heavy atom. The molecule has 1 N–H and O–H groups in total. The second-order valence-electron chi connectivity index (χ2n) is 8.41. The number of aryl methyl sites for hydroxylation is 1. The number of para-hydroxylation sites is 1. The number of urea groups is 1. The van der Waals surface area contributed by atoms with Crippen LogP contribution in [0, 0.1) is 6.92 Å². The Bertz CT molecular complexity index is 1400. The highest BCUT2D eigenvalue weighted by atomic mass is 35.5. The van der Waals surface area contributed by atoms with Crippen LogP contribution in [0.15, 0.2) is 77.6 Å². The molecule has 1 atom stereocenters. The number of hydrogen-bond acceptors (Lipinski definition) is 3. The van der Waals surface area contributed by atoms with E-state index >= 15 is 0 Å². The van der Waals surface area contributed by atoms with E-state index in [4.69, 9.17) is 16.6 Å². The molecule has 3 aromatic carbocycles. The molecular weight excluding hydrogens is 460 g/mol. The molecule has 6 nitrogen and oxygen atoms in total. The maximum atomic E-state index is 13.8. The Morgan fingerprint density at radius 2 is 1.77 bits per heavy atom. The molecule has 0 radical (unpaired) electrons. The average Bonchev–Trinajstić information content (AvgIpc) is 2.87. The third-order valence-corrected chi connectivity index (χ3v) is 6.39. The van der Waals surface area contributed by atoms with E-state index in [1.54, 1.807) is 21.6 Å². The van der Waals surface area contributed by atoms with Crippen molar-refractivity contribution in [2.45, 2.75) is 39.8 Å². The largest absolute Gasteiger partial charge is 0.334 e. The standard InChI is InChI=1S/C28H29ClN4O2/c1-4-24(32(5-2)28(35)30-18-20-11-7-6-8-12-20)26-31-23-14-10-9-13-22(23)27(34)33(26)25-16-15-21(29)17-19(25)3/h6-17,24H,4-5,18H2,1-3H3,(H,30,35). The fraction of sp³-hybridized carbons (Fsp3) is 0.250. The van der Waals surface area contributed by atoms with E-state index in [0.717, 1.165) is 11.1 Å². The quantitative estimate of drug-likeness (QED) is 0.345. The van der Waals surface area contributed by atoms with Crippen molar-refractivity contribution in [3.8, 4) is 5.69 Å². The number of nitrogens with one attached hydrogen (secondary N) is 1. The van der Waals surface area contributed by atoms with Gasteiger partial charge in [0.1, 0.15) is 5.82 Å². The van der Waals surface area contributed by atoms with Gasteiger partial charge in [0.15, 0.2) is 0 Å². The number of carbonyl (C=O) groups is 1. The molecule has 0 saturated carbocycles. The zero-order valence-electron chi connectivity index (χ0n) is 20.2. The number of nitrogens with zero attached hydrogens (tertiary/aromatic N) is 3. The molecule has 1 aromatic heterocycles. The van der Waals surface area contributed by atoms with E-state index in [-0.39, 0.29) is 11.6 Å². The van der Waals surface area contributed by atoms with Crippen LogP contribution in [-0.2, 0) is 6.54 Å². The van der Waals surface area contributed by atoms with E-state index in [1.807, 2.05) is 81.4 Å². The van der Waals surface area contributed by atoms with Crippen LogP contribution in [0.25, 0.3) is 16.6 Å². The lowest BCUT2D eigenvalue weighted by Gasteiger charge is -2.31. The van der Waals surface area contributed by atoms with Crippen LogP contribution < -0.4 is 10.9 Å². The van der Waals surface area contributed by atoms with Gasteiger partial charge in [-0.25, -0.2) is 9.78 Å². The Labute approximate surface area is 210 Å². The first-order valence-corrected chi connectivity index (χ1v) is 12.2. The number of benzene rings is 3. The van der Waals surface area contributed by atoms with E-state index < -0.39 is 6.04 Å². The predicted octanol–water partition coefficient (Wildman–Crippen LogP) is 6.03. The van der Waals surface area contributed by atoms with Crippen LogP contribution in [-0.4, -0.2) is 27.0 Å². The van der Waals surface area contributed by atoms with Crippen LogP contribution in [0.2, 0.25) is 5.02 Å². The molecule has 1 heterocycles. The topological polar surface area (TPSA) is 67.2 Å². The SMILES string of the molecule is CCC(c1nc2ccccc2c(=O)n1-c1ccc(Cl)cc1C)N(CC)C(=O)NCc1ccccc1. The lowest BCUT2D eigenvalue weighted by Crippen LogP contribution is -2.43. The molecule has 1 unspecified atom stereocenters. The predicted molar refractivity (Wildman–Crippen MR) is 141 cm³/mol. The molecule has 0 aliphatic rings. The number of fused-ring (bicyclic) bond motifs is 1. The molecule has 7 heteroatoms. The molecule has 35 heavy (non-hydrogen) atoms. The zero-order valence-corrected chi connectivity index (χ0v) is 20.9. The molecule has 2 amide bonds. The highest BCUT2D eigenvalue weighted by Gasteiger charge is 2.28.